The summed E-state index contributed by atoms with van der Waals surface area (Å²) in [6, 6.07) is 7.60. The number of likely N-dealkylation sites (tertiary alicyclic amines) is 1. The van der Waals surface area contributed by atoms with Gasteiger partial charge in [0.2, 0.25) is 0 Å². The first-order valence-corrected chi connectivity index (χ1v) is 8.71. The van der Waals surface area contributed by atoms with E-state index in [0.717, 1.165) is 23.8 Å². The molecule has 2 atom stereocenters. The van der Waals surface area contributed by atoms with Crippen LogP contribution in [-0.2, 0) is 4.74 Å². The molecule has 0 bridgehead atoms. The highest BCUT2D eigenvalue weighted by Crippen LogP contribution is 2.51. The largest absolute Gasteiger partial charge is 0.463 e. The van der Waals surface area contributed by atoms with Gasteiger partial charge in [-0.1, -0.05) is 18.2 Å². The number of fused-ring (bicyclic) bond motifs is 1. The van der Waals surface area contributed by atoms with Crippen LogP contribution in [0.15, 0.2) is 34.9 Å². The van der Waals surface area contributed by atoms with Crippen LogP contribution in [0.1, 0.15) is 36.5 Å². The smallest absolute Gasteiger partial charge is 0.257 e. The molecule has 5 nitrogen and oxygen atoms in total. The van der Waals surface area contributed by atoms with Crippen molar-refractivity contribution in [2.24, 2.45) is 5.41 Å². The summed E-state index contributed by atoms with van der Waals surface area (Å²) in [5.74, 6) is 0.0107. The van der Waals surface area contributed by atoms with Gasteiger partial charge in [-0.05, 0) is 25.8 Å². The number of aliphatic hydroxyl groups is 1. The summed E-state index contributed by atoms with van der Waals surface area (Å²) >= 11 is 0. The Morgan fingerprint density at radius 1 is 1.38 bits per heavy atom. The molecule has 5 heteroatoms. The summed E-state index contributed by atoms with van der Waals surface area (Å²) in [5.41, 5.74) is 1.20. The maximum absolute atomic E-state index is 12.9. The maximum Gasteiger partial charge on any atom is 0.257 e. The topological polar surface area (TPSA) is 62.9 Å². The molecule has 1 spiro atoms. The number of rotatable bonds is 3. The van der Waals surface area contributed by atoms with E-state index in [1.165, 1.54) is 0 Å². The minimum Gasteiger partial charge on any atom is -0.463 e. The number of carbonyl (C=O) groups is 1. The Labute approximate surface area is 141 Å². The van der Waals surface area contributed by atoms with Gasteiger partial charge >= 0.3 is 0 Å². The SMILES string of the molecule is CCOC1CC(O)C12CCN(C(=O)c1coc3ccccc13)CC2. The Morgan fingerprint density at radius 3 is 2.83 bits per heavy atom. The molecule has 2 aromatic rings. The average molecular weight is 329 g/mol. The minimum atomic E-state index is -0.305. The van der Waals surface area contributed by atoms with Crippen LogP contribution in [0.3, 0.4) is 0 Å². The monoisotopic (exact) mass is 329 g/mol. The van der Waals surface area contributed by atoms with Crippen LogP contribution in [0.2, 0.25) is 0 Å². The summed E-state index contributed by atoms with van der Waals surface area (Å²) in [4.78, 5) is 14.7. The van der Waals surface area contributed by atoms with Crippen LogP contribution in [0, 0.1) is 5.41 Å². The van der Waals surface area contributed by atoms with Gasteiger partial charge in [0.25, 0.3) is 5.91 Å². The lowest BCUT2D eigenvalue weighted by molar-refractivity contribution is -0.207. The molecular formula is C19H23NO4. The summed E-state index contributed by atoms with van der Waals surface area (Å²) in [6.45, 7) is 3.96. The van der Waals surface area contributed by atoms with Gasteiger partial charge in [-0.3, -0.25) is 4.79 Å². The van der Waals surface area contributed by atoms with Crippen molar-refractivity contribution in [1.29, 1.82) is 0 Å². The highest BCUT2D eigenvalue weighted by atomic mass is 16.5. The van der Waals surface area contributed by atoms with Gasteiger partial charge in [0.15, 0.2) is 0 Å². The number of nitrogens with zero attached hydrogens (tertiary/aromatic N) is 1. The van der Waals surface area contributed by atoms with Crippen LogP contribution in [0.4, 0.5) is 0 Å². The van der Waals surface area contributed by atoms with Crippen molar-refractivity contribution in [3.63, 3.8) is 0 Å². The second-order valence-corrected chi connectivity index (χ2v) is 6.87. The number of benzene rings is 1. The van der Waals surface area contributed by atoms with Crippen molar-refractivity contribution < 1.29 is 19.1 Å². The van der Waals surface area contributed by atoms with Crippen molar-refractivity contribution >= 4 is 16.9 Å². The van der Waals surface area contributed by atoms with E-state index in [4.69, 9.17) is 9.15 Å². The fraction of sp³-hybridized carbons (Fsp3) is 0.526. The molecule has 24 heavy (non-hydrogen) atoms. The number of aliphatic hydroxyl groups excluding tert-OH is 1. The van der Waals surface area contributed by atoms with Gasteiger partial charge in [0, 0.05) is 36.9 Å². The lowest BCUT2D eigenvalue weighted by Gasteiger charge is -2.56. The third-order valence-electron chi connectivity index (χ3n) is 5.80. The molecule has 128 valence electrons. The number of hydrogen-bond acceptors (Lipinski definition) is 4. The molecule has 1 aromatic heterocycles. The van der Waals surface area contributed by atoms with Gasteiger partial charge < -0.3 is 19.2 Å². The molecule has 1 aliphatic heterocycles. The summed E-state index contributed by atoms with van der Waals surface area (Å²) in [7, 11) is 0. The zero-order chi connectivity index (χ0) is 16.7. The van der Waals surface area contributed by atoms with Crippen molar-refractivity contribution in [3.05, 3.63) is 36.1 Å². The van der Waals surface area contributed by atoms with Gasteiger partial charge in [-0.25, -0.2) is 0 Å². The van der Waals surface area contributed by atoms with Crippen molar-refractivity contribution in [2.75, 3.05) is 19.7 Å². The number of carbonyl (C=O) groups excluding carboxylic acids is 1. The molecular weight excluding hydrogens is 306 g/mol. The third kappa shape index (κ3) is 2.26. The van der Waals surface area contributed by atoms with E-state index in [2.05, 4.69) is 0 Å². The number of amides is 1. The molecule has 1 saturated carbocycles. The van der Waals surface area contributed by atoms with Gasteiger partial charge in [-0.2, -0.15) is 0 Å². The minimum absolute atomic E-state index is 0.0107. The van der Waals surface area contributed by atoms with Crippen molar-refractivity contribution in [2.45, 2.75) is 38.4 Å². The van der Waals surface area contributed by atoms with E-state index < -0.39 is 0 Å². The highest BCUT2D eigenvalue weighted by Gasteiger charge is 2.56. The molecule has 1 aliphatic carbocycles. The zero-order valence-corrected chi connectivity index (χ0v) is 13.9. The van der Waals surface area contributed by atoms with Crippen LogP contribution in [0.5, 0.6) is 0 Å². The quantitative estimate of drug-likeness (QED) is 0.940. The zero-order valence-electron chi connectivity index (χ0n) is 13.9. The number of para-hydroxylation sites is 1. The van der Waals surface area contributed by atoms with E-state index in [0.29, 0.717) is 31.7 Å². The Morgan fingerprint density at radius 2 is 2.12 bits per heavy atom. The van der Waals surface area contributed by atoms with E-state index >= 15 is 0 Å². The molecule has 1 saturated heterocycles. The standard InChI is InChI=1S/C19H23NO4/c1-2-23-17-11-16(21)19(17)7-9-20(10-8-19)18(22)14-12-24-15-6-4-3-5-13(14)15/h3-6,12,16-17,21H,2,7-11H2,1H3. The predicted octanol–water partition coefficient (Wildman–Crippen LogP) is 2.82. The second-order valence-electron chi connectivity index (χ2n) is 6.87. The molecule has 1 N–H and O–H groups in total. The molecule has 2 fully saturated rings. The Hall–Kier alpha value is -1.85. The van der Waals surface area contributed by atoms with Crippen molar-refractivity contribution in [1.82, 2.24) is 4.90 Å². The number of furan rings is 1. The molecule has 1 aromatic carbocycles. The van der Waals surface area contributed by atoms with Gasteiger partial charge in [0.1, 0.15) is 11.8 Å². The maximum atomic E-state index is 12.9. The molecule has 1 amide bonds. The van der Waals surface area contributed by atoms with Gasteiger partial charge in [-0.15, -0.1) is 0 Å². The lowest BCUT2D eigenvalue weighted by Crippen LogP contribution is -2.62. The van der Waals surface area contributed by atoms with Gasteiger partial charge in [0.05, 0.1) is 17.8 Å². The predicted molar refractivity (Wildman–Crippen MR) is 89.8 cm³/mol. The molecule has 2 heterocycles. The fourth-order valence-electron chi connectivity index (χ4n) is 4.26. The van der Waals surface area contributed by atoms with Crippen LogP contribution in [0.25, 0.3) is 11.0 Å². The first-order chi connectivity index (χ1) is 11.7. The van der Waals surface area contributed by atoms with E-state index in [9.17, 15) is 9.90 Å². The first kappa shape index (κ1) is 15.7. The summed E-state index contributed by atoms with van der Waals surface area (Å²) in [6.07, 6.45) is 3.68. The Kier molecular flexibility index (Phi) is 3.85. The summed E-state index contributed by atoms with van der Waals surface area (Å²) < 4.78 is 11.3. The highest BCUT2D eigenvalue weighted by molar-refractivity contribution is 6.05. The van der Waals surface area contributed by atoms with Crippen LogP contribution >= 0.6 is 0 Å². The van der Waals surface area contributed by atoms with E-state index in [-0.39, 0.29) is 23.5 Å². The third-order valence-corrected chi connectivity index (χ3v) is 5.80. The first-order valence-electron chi connectivity index (χ1n) is 8.71. The Balaban J connectivity index is 1.49. The molecule has 4 rings (SSSR count). The van der Waals surface area contributed by atoms with Crippen LogP contribution < -0.4 is 0 Å². The summed E-state index contributed by atoms with van der Waals surface area (Å²) in [5, 5.41) is 11.1. The second kappa shape index (κ2) is 5.90. The normalized spacial score (nSPS) is 25.8. The number of piperidine rings is 1. The Bertz CT molecular complexity index is 743. The number of ether oxygens (including phenoxy) is 1. The molecule has 2 unspecified atom stereocenters. The molecule has 2 aliphatic rings. The average Bonchev–Trinajstić information content (AvgIpc) is 3.05. The number of hydrogen-bond donors (Lipinski definition) is 1. The van der Waals surface area contributed by atoms with E-state index in [1.807, 2.05) is 36.1 Å². The van der Waals surface area contributed by atoms with Crippen molar-refractivity contribution in [3.8, 4) is 0 Å². The van der Waals surface area contributed by atoms with E-state index in [1.54, 1.807) is 6.26 Å². The molecule has 0 radical (unpaired) electrons. The van der Waals surface area contributed by atoms with Crippen LogP contribution in [-0.4, -0.2) is 47.8 Å². The lowest BCUT2D eigenvalue weighted by atomic mass is 9.58. The fourth-order valence-corrected chi connectivity index (χ4v) is 4.26.